The number of para-hydroxylation sites is 1. The Morgan fingerprint density at radius 1 is 1.16 bits per heavy atom. The van der Waals surface area contributed by atoms with Gasteiger partial charge in [0.1, 0.15) is 5.82 Å². The summed E-state index contributed by atoms with van der Waals surface area (Å²) in [6, 6.07) is 13.7. The van der Waals surface area contributed by atoms with E-state index in [1.54, 1.807) is 12.1 Å². The van der Waals surface area contributed by atoms with Crippen molar-refractivity contribution in [3.63, 3.8) is 0 Å². The third-order valence-corrected chi connectivity index (χ3v) is 5.07. The summed E-state index contributed by atoms with van der Waals surface area (Å²) < 4.78 is 18.9. The van der Waals surface area contributed by atoms with Gasteiger partial charge in [-0.25, -0.2) is 4.39 Å². The molecule has 0 aliphatic carbocycles. The highest BCUT2D eigenvalue weighted by Gasteiger charge is 2.26. The zero-order valence-corrected chi connectivity index (χ0v) is 13.9. The Morgan fingerprint density at radius 2 is 2.04 bits per heavy atom. The van der Waals surface area contributed by atoms with E-state index in [1.165, 1.54) is 23.9 Å². The molecule has 5 nitrogen and oxygen atoms in total. The van der Waals surface area contributed by atoms with E-state index in [2.05, 4.69) is 15.5 Å². The van der Waals surface area contributed by atoms with Crippen LogP contribution in [0.15, 0.2) is 58.2 Å². The van der Waals surface area contributed by atoms with Crippen LogP contribution in [0.5, 0.6) is 0 Å². The molecular formula is C18H14FN3O2S. The van der Waals surface area contributed by atoms with Gasteiger partial charge in [0.2, 0.25) is 11.8 Å². The van der Waals surface area contributed by atoms with Crippen LogP contribution in [-0.2, 0) is 11.2 Å². The van der Waals surface area contributed by atoms with Gasteiger partial charge in [-0.3, -0.25) is 4.79 Å². The lowest BCUT2D eigenvalue weighted by molar-refractivity contribution is -0.115. The van der Waals surface area contributed by atoms with Gasteiger partial charge < -0.3 is 9.73 Å². The van der Waals surface area contributed by atoms with Crippen LogP contribution in [0.2, 0.25) is 0 Å². The van der Waals surface area contributed by atoms with E-state index >= 15 is 0 Å². The van der Waals surface area contributed by atoms with E-state index in [9.17, 15) is 9.18 Å². The summed E-state index contributed by atoms with van der Waals surface area (Å²) in [5.41, 5.74) is 2.48. The molecule has 25 heavy (non-hydrogen) atoms. The van der Waals surface area contributed by atoms with Crippen LogP contribution in [0.3, 0.4) is 0 Å². The van der Waals surface area contributed by atoms with E-state index in [4.69, 9.17) is 4.42 Å². The molecule has 0 bridgehead atoms. The minimum Gasteiger partial charge on any atom is -0.411 e. The lowest BCUT2D eigenvalue weighted by Crippen LogP contribution is -2.23. The fraction of sp³-hybridized carbons (Fsp3) is 0.167. The number of hydrogen-bond acceptors (Lipinski definition) is 5. The Kier molecular flexibility index (Phi) is 4.23. The fourth-order valence-electron chi connectivity index (χ4n) is 2.72. The van der Waals surface area contributed by atoms with Crippen molar-refractivity contribution in [1.82, 2.24) is 10.2 Å². The number of anilines is 1. The molecule has 0 fully saturated rings. The predicted octanol–water partition coefficient (Wildman–Crippen LogP) is 3.92. The predicted molar refractivity (Wildman–Crippen MR) is 92.7 cm³/mol. The van der Waals surface area contributed by atoms with Crippen molar-refractivity contribution < 1.29 is 13.6 Å². The van der Waals surface area contributed by atoms with Crippen molar-refractivity contribution in [2.75, 3.05) is 5.32 Å². The number of carbonyl (C=O) groups is 1. The van der Waals surface area contributed by atoms with Gasteiger partial charge in [0, 0.05) is 11.3 Å². The first-order chi connectivity index (χ1) is 12.2. The van der Waals surface area contributed by atoms with Gasteiger partial charge in [0.15, 0.2) is 0 Å². The molecule has 1 atom stereocenters. The second-order valence-electron chi connectivity index (χ2n) is 5.68. The van der Waals surface area contributed by atoms with Crippen molar-refractivity contribution in [3.8, 4) is 11.5 Å². The molecule has 3 aromatic rings. The van der Waals surface area contributed by atoms with E-state index in [0.29, 0.717) is 17.2 Å². The maximum absolute atomic E-state index is 13.3. The van der Waals surface area contributed by atoms with Gasteiger partial charge >= 0.3 is 0 Å². The monoisotopic (exact) mass is 355 g/mol. The molecule has 0 saturated carbocycles. The molecule has 1 aliphatic rings. The number of nitrogens with zero attached hydrogens (tertiary/aromatic N) is 2. The summed E-state index contributed by atoms with van der Waals surface area (Å²) >= 11 is 1.23. The lowest BCUT2D eigenvalue weighted by Gasteiger charge is -2.09. The average molecular weight is 355 g/mol. The van der Waals surface area contributed by atoms with Gasteiger partial charge in [-0.15, -0.1) is 10.2 Å². The van der Waals surface area contributed by atoms with Crippen LogP contribution >= 0.6 is 11.8 Å². The number of rotatable bonds is 3. The van der Waals surface area contributed by atoms with Crippen molar-refractivity contribution >= 4 is 23.4 Å². The number of benzene rings is 2. The number of halogens is 1. The van der Waals surface area contributed by atoms with Gasteiger partial charge in [-0.1, -0.05) is 36.0 Å². The van der Waals surface area contributed by atoms with Gasteiger partial charge in [0.25, 0.3) is 5.22 Å². The molecular weight excluding hydrogens is 341 g/mol. The molecule has 126 valence electrons. The summed E-state index contributed by atoms with van der Waals surface area (Å²) in [5, 5.41) is 10.8. The largest absolute Gasteiger partial charge is 0.411 e. The fourth-order valence-corrected chi connectivity index (χ4v) is 3.58. The van der Waals surface area contributed by atoms with Crippen molar-refractivity contribution in [2.24, 2.45) is 0 Å². The average Bonchev–Trinajstić information content (AvgIpc) is 3.02. The highest BCUT2D eigenvalue weighted by molar-refractivity contribution is 8.00. The van der Waals surface area contributed by atoms with Crippen LogP contribution in [0.25, 0.3) is 11.5 Å². The SMILES string of the molecule is O=C1Nc2ccccc2CC[C@@H]1Sc1nnc(-c2cccc(F)c2)o1. The minimum absolute atomic E-state index is 0.0829. The quantitative estimate of drug-likeness (QED) is 0.771. The number of carbonyl (C=O) groups excluding carboxylic acids is 1. The molecule has 0 saturated heterocycles. The first kappa shape index (κ1) is 15.8. The summed E-state index contributed by atoms with van der Waals surface area (Å²) in [6.07, 6.45) is 1.46. The molecule has 2 heterocycles. The third kappa shape index (κ3) is 3.41. The number of hydrogen-bond donors (Lipinski definition) is 1. The number of aromatic nitrogens is 2. The molecule has 1 aliphatic heterocycles. The Labute approximate surface area is 147 Å². The lowest BCUT2D eigenvalue weighted by atomic mass is 10.1. The maximum Gasteiger partial charge on any atom is 0.277 e. The normalized spacial score (nSPS) is 16.8. The molecule has 0 spiro atoms. The van der Waals surface area contributed by atoms with E-state index in [1.807, 2.05) is 24.3 Å². The van der Waals surface area contributed by atoms with Crippen LogP contribution in [0.4, 0.5) is 10.1 Å². The van der Waals surface area contributed by atoms with Crippen molar-refractivity contribution in [1.29, 1.82) is 0 Å². The van der Waals surface area contributed by atoms with Gasteiger partial charge in [-0.05, 0) is 42.7 Å². The Balaban J connectivity index is 1.50. The number of amides is 1. The van der Waals surface area contributed by atoms with Crippen LogP contribution < -0.4 is 5.32 Å². The topological polar surface area (TPSA) is 68.0 Å². The summed E-state index contributed by atoms with van der Waals surface area (Å²) in [7, 11) is 0. The summed E-state index contributed by atoms with van der Waals surface area (Å²) in [4.78, 5) is 12.4. The van der Waals surface area contributed by atoms with E-state index in [0.717, 1.165) is 17.7 Å². The zero-order valence-electron chi connectivity index (χ0n) is 13.1. The van der Waals surface area contributed by atoms with E-state index in [-0.39, 0.29) is 22.9 Å². The Bertz CT molecular complexity index is 928. The second kappa shape index (κ2) is 6.68. The zero-order chi connectivity index (χ0) is 17.2. The number of thioether (sulfide) groups is 1. The molecule has 7 heteroatoms. The van der Waals surface area contributed by atoms with Gasteiger partial charge in [0.05, 0.1) is 5.25 Å². The molecule has 1 aromatic heterocycles. The van der Waals surface area contributed by atoms with E-state index < -0.39 is 0 Å². The number of nitrogens with one attached hydrogen (secondary N) is 1. The minimum atomic E-state index is -0.370. The van der Waals surface area contributed by atoms with Crippen LogP contribution in [0.1, 0.15) is 12.0 Å². The molecule has 1 amide bonds. The highest BCUT2D eigenvalue weighted by Crippen LogP contribution is 2.32. The van der Waals surface area contributed by atoms with Gasteiger partial charge in [-0.2, -0.15) is 0 Å². The molecule has 2 aromatic carbocycles. The Morgan fingerprint density at radius 3 is 2.92 bits per heavy atom. The first-order valence-electron chi connectivity index (χ1n) is 7.84. The van der Waals surface area contributed by atoms with Crippen molar-refractivity contribution in [3.05, 3.63) is 59.9 Å². The summed E-state index contributed by atoms with van der Waals surface area (Å²) in [5.74, 6) is -0.217. The molecule has 4 rings (SSSR count). The third-order valence-electron chi connectivity index (χ3n) is 3.96. The van der Waals surface area contributed by atoms with Crippen LogP contribution in [0, 0.1) is 5.82 Å². The highest BCUT2D eigenvalue weighted by atomic mass is 32.2. The Hall–Kier alpha value is -2.67. The maximum atomic E-state index is 13.3. The second-order valence-corrected chi connectivity index (χ2v) is 6.83. The molecule has 0 unspecified atom stereocenters. The molecule has 0 radical (unpaired) electrons. The standard InChI is InChI=1S/C18H14FN3O2S/c19-13-6-3-5-12(10-13)17-21-22-18(24-17)25-15-9-8-11-4-1-2-7-14(11)20-16(15)23/h1-7,10,15H,8-9H2,(H,20,23)/t15-/m0/s1. The first-order valence-corrected chi connectivity index (χ1v) is 8.72. The number of fused-ring (bicyclic) bond motifs is 1. The molecule has 1 N–H and O–H groups in total. The van der Waals surface area contributed by atoms with Crippen LogP contribution in [-0.4, -0.2) is 21.4 Å². The smallest absolute Gasteiger partial charge is 0.277 e. The summed E-state index contributed by atoms with van der Waals surface area (Å²) in [6.45, 7) is 0. The number of aryl methyl sites for hydroxylation is 1. The van der Waals surface area contributed by atoms with Crippen molar-refractivity contribution in [2.45, 2.75) is 23.3 Å².